The number of halogens is 3. The van der Waals surface area contributed by atoms with Gasteiger partial charge in [0.1, 0.15) is 18.5 Å². The summed E-state index contributed by atoms with van der Waals surface area (Å²) >= 11 is 0. The average Bonchev–Trinajstić information content (AvgIpc) is 2.76. The molecule has 0 radical (unpaired) electrons. The normalized spacial score (nSPS) is 27.4. The zero-order valence-electron chi connectivity index (χ0n) is 20.5. The summed E-state index contributed by atoms with van der Waals surface area (Å²) in [6.45, 7) is 5.55. The van der Waals surface area contributed by atoms with Crippen LogP contribution >= 0.6 is 0 Å². The van der Waals surface area contributed by atoms with Crippen LogP contribution in [0.5, 0.6) is 0 Å². The van der Waals surface area contributed by atoms with E-state index >= 15 is 0 Å². The predicted molar refractivity (Wildman–Crippen MR) is 120 cm³/mol. The fourth-order valence-electron chi connectivity index (χ4n) is 5.54. The molecule has 3 aliphatic heterocycles. The number of alkyl halides is 3. The van der Waals surface area contributed by atoms with Crippen molar-refractivity contribution in [3.05, 3.63) is 23.2 Å². The minimum absolute atomic E-state index is 0.0489. The molecule has 11 heteroatoms. The van der Waals surface area contributed by atoms with Gasteiger partial charge in [-0.2, -0.15) is 13.2 Å². The second-order valence-electron chi connectivity index (χ2n) is 9.91. The van der Waals surface area contributed by atoms with Crippen molar-refractivity contribution in [2.24, 2.45) is 5.41 Å². The number of amides is 3. The Morgan fingerprint density at radius 3 is 2.54 bits per heavy atom. The second-order valence-corrected chi connectivity index (χ2v) is 9.91. The number of methoxy groups -OCH3 is 1. The number of likely N-dealkylation sites (tertiary alicyclic amines) is 2. The molecule has 196 valence electrons. The van der Waals surface area contributed by atoms with Crippen LogP contribution < -0.4 is 5.32 Å². The van der Waals surface area contributed by atoms with Crippen LogP contribution in [0, 0.1) is 5.41 Å². The molecule has 0 bridgehead atoms. The molecular formula is C24H34F3N3O5. The molecule has 0 unspecified atom stereocenters. The van der Waals surface area contributed by atoms with Gasteiger partial charge in [0.25, 0.3) is 0 Å². The number of fused-ring (bicyclic) bond motifs is 1. The Kier molecular flexibility index (Phi) is 7.26. The first-order valence-electron chi connectivity index (χ1n) is 12.2. The largest absolute Gasteiger partial charge is 0.497 e. The van der Waals surface area contributed by atoms with Crippen molar-refractivity contribution in [3.8, 4) is 0 Å². The molecule has 1 aliphatic carbocycles. The van der Waals surface area contributed by atoms with E-state index in [0.717, 1.165) is 6.08 Å². The van der Waals surface area contributed by atoms with Crippen molar-refractivity contribution in [2.45, 2.75) is 70.4 Å². The molecule has 4 rings (SSSR count). The summed E-state index contributed by atoms with van der Waals surface area (Å²) in [6.07, 6.45) is -1.33. The van der Waals surface area contributed by atoms with Crippen molar-refractivity contribution in [2.75, 3.05) is 39.9 Å². The molecule has 4 aliphatic rings. The van der Waals surface area contributed by atoms with Gasteiger partial charge in [0.05, 0.1) is 19.3 Å². The highest BCUT2D eigenvalue weighted by Crippen LogP contribution is 2.50. The first-order chi connectivity index (χ1) is 16.6. The highest BCUT2D eigenvalue weighted by Gasteiger charge is 2.56. The predicted octanol–water partition coefficient (Wildman–Crippen LogP) is 3.34. The SMILES string of the molecule is CC/C(OC)=C(\C=C(/CC)C(F)(F)F)OC1CC2(C1)CN(C(=O)N1CC[C@@H]3OCC(=O)N[C@@H]3C1)C2. The molecule has 1 saturated carbocycles. The highest BCUT2D eigenvalue weighted by atomic mass is 19.4. The maximum absolute atomic E-state index is 13.3. The van der Waals surface area contributed by atoms with Crippen LogP contribution in [-0.2, 0) is 19.0 Å². The van der Waals surface area contributed by atoms with Gasteiger partial charge < -0.3 is 29.3 Å². The standard InChI is InChI=1S/C24H34F3N3O5/c1-4-15(24(25,26)27)8-20(18(5-2)33-3)35-16-9-23(10-16)13-30(14-23)22(32)29-7-6-19-17(11-29)28-21(31)12-34-19/h8,16-17,19H,4-7,9-14H2,1-3H3,(H,28,31)/b15-8+,20-18-/t17-,19+/m1/s1. The van der Waals surface area contributed by atoms with Crippen LogP contribution in [0.15, 0.2) is 23.2 Å². The first-order valence-corrected chi connectivity index (χ1v) is 12.2. The lowest BCUT2D eigenvalue weighted by Crippen LogP contribution is -2.69. The number of piperidine rings is 1. The Morgan fingerprint density at radius 2 is 1.94 bits per heavy atom. The van der Waals surface area contributed by atoms with Crippen molar-refractivity contribution in [1.82, 2.24) is 15.1 Å². The Labute approximate surface area is 203 Å². The number of hydrogen-bond acceptors (Lipinski definition) is 5. The van der Waals surface area contributed by atoms with Gasteiger partial charge in [0, 0.05) is 43.6 Å². The quantitative estimate of drug-likeness (QED) is 0.446. The maximum atomic E-state index is 13.3. The second kappa shape index (κ2) is 9.91. The van der Waals surface area contributed by atoms with Crippen molar-refractivity contribution in [1.29, 1.82) is 0 Å². The van der Waals surface area contributed by atoms with Crippen LogP contribution in [0.2, 0.25) is 0 Å². The summed E-state index contributed by atoms with van der Waals surface area (Å²) in [7, 11) is 1.43. The van der Waals surface area contributed by atoms with Crippen molar-refractivity contribution in [3.63, 3.8) is 0 Å². The highest BCUT2D eigenvalue weighted by molar-refractivity contribution is 5.79. The van der Waals surface area contributed by atoms with Crippen LogP contribution in [0.1, 0.15) is 46.0 Å². The van der Waals surface area contributed by atoms with E-state index in [1.54, 1.807) is 16.7 Å². The molecule has 1 spiro atoms. The number of carbonyl (C=O) groups excluding carboxylic acids is 2. The number of ether oxygens (including phenoxy) is 3. The van der Waals surface area contributed by atoms with Crippen molar-refractivity contribution < 1.29 is 37.0 Å². The Morgan fingerprint density at radius 1 is 1.23 bits per heavy atom. The van der Waals surface area contributed by atoms with Crippen molar-refractivity contribution >= 4 is 11.9 Å². The van der Waals surface area contributed by atoms with Gasteiger partial charge >= 0.3 is 12.2 Å². The molecule has 35 heavy (non-hydrogen) atoms. The zero-order chi connectivity index (χ0) is 25.4. The van der Waals surface area contributed by atoms with E-state index < -0.39 is 11.7 Å². The molecule has 0 aromatic heterocycles. The number of urea groups is 1. The third-order valence-electron chi connectivity index (χ3n) is 7.43. The number of morpholine rings is 1. The first kappa shape index (κ1) is 25.7. The van der Waals surface area contributed by atoms with Gasteiger partial charge in [-0.25, -0.2) is 4.79 Å². The molecule has 3 saturated heterocycles. The molecular weight excluding hydrogens is 467 g/mol. The molecule has 8 nitrogen and oxygen atoms in total. The van der Waals surface area contributed by atoms with E-state index in [1.165, 1.54) is 14.0 Å². The van der Waals surface area contributed by atoms with Gasteiger partial charge in [-0.15, -0.1) is 0 Å². The fraction of sp³-hybridized carbons (Fsp3) is 0.750. The summed E-state index contributed by atoms with van der Waals surface area (Å²) < 4.78 is 56.7. The van der Waals surface area contributed by atoms with Gasteiger partial charge in [-0.1, -0.05) is 13.8 Å². The van der Waals surface area contributed by atoms with Crippen LogP contribution in [0.3, 0.4) is 0 Å². The summed E-state index contributed by atoms with van der Waals surface area (Å²) in [5.41, 5.74) is -0.708. The van der Waals surface area contributed by atoms with Crippen LogP contribution in [0.4, 0.5) is 18.0 Å². The van der Waals surface area contributed by atoms with E-state index in [-0.39, 0.29) is 54.4 Å². The van der Waals surface area contributed by atoms with Gasteiger partial charge in [-0.05, 0) is 31.8 Å². The van der Waals surface area contributed by atoms with Gasteiger partial charge in [0.15, 0.2) is 5.76 Å². The number of carbonyl (C=O) groups is 2. The number of allylic oxidation sites excluding steroid dienone is 3. The monoisotopic (exact) mass is 501 g/mol. The minimum atomic E-state index is -4.42. The topological polar surface area (TPSA) is 80.3 Å². The summed E-state index contributed by atoms with van der Waals surface area (Å²) in [4.78, 5) is 28.1. The van der Waals surface area contributed by atoms with E-state index in [0.29, 0.717) is 57.6 Å². The van der Waals surface area contributed by atoms with Gasteiger partial charge in [-0.3, -0.25) is 4.79 Å². The van der Waals surface area contributed by atoms with E-state index in [1.807, 2.05) is 0 Å². The number of nitrogens with one attached hydrogen (secondary N) is 1. The lowest BCUT2D eigenvalue weighted by molar-refractivity contribution is -0.141. The third-order valence-corrected chi connectivity index (χ3v) is 7.43. The van der Waals surface area contributed by atoms with E-state index in [2.05, 4.69) is 5.32 Å². The number of rotatable bonds is 6. The summed E-state index contributed by atoms with van der Waals surface area (Å²) in [6, 6.07) is -0.227. The summed E-state index contributed by atoms with van der Waals surface area (Å²) in [5.74, 6) is 0.359. The molecule has 0 aromatic carbocycles. The summed E-state index contributed by atoms with van der Waals surface area (Å²) in [5, 5.41) is 2.90. The minimum Gasteiger partial charge on any atom is -0.497 e. The molecule has 2 atom stereocenters. The molecule has 3 amide bonds. The fourth-order valence-corrected chi connectivity index (χ4v) is 5.54. The zero-order valence-corrected chi connectivity index (χ0v) is 20.5. The van der Waals surface area contributed by atoms with E-state index in [4.69, 9.17) is 14.2 Å². The number of nitrogens with zero attached hydrogens (tertiary/aromatic N) is 2. The molecule has 4 fully saturated rings. The Hall–Kier alpha value is -2.43. The molecule has 0 aromatic rings. The van der Waals surface area contributed by atoms with E-state index in [9.17, 15) is 22.8 Å². The third kappa shape index (κ3) is 5.39. The lowest BCUT2D eigenvalue weighted by atomic mass is 9.62. The smallest absolute Gasteiger partial charge is 0.412 e. The van der Waals surface area contributed by atoms with Gasteiger partial charge in [0.2, 0.25) is 5.91 Å². The Bertz CT molecular complexity index is 883. The molecule has 3 heterocycles. The molecule has 1 N–H and O–H groups in total. The van der Waals surface area contributed by atoms with Crippen LogP contribution in [-0.4, -0.2) is 86.1 Å². The maximum Gasteiger partial charge on any atom is 0.412 e. The lowest BCUT2D eigenvalue weighted by Gasteiger charge is -2.59. The van der Waals surface area contributed by atoms with Crippen LogP contribution in [0.25, 0.3) is 0 Å². The Balaban J connectivity index is 1.30. The average molecular weight is 502 g/mol. The number of hydrogen-bond donors (Lipinski definition) is 1.